The molecule has 1 heterocycles. The van der Waals surface area contributed by atoms with Crippen LogP contribution in [0.25, 0.3) is 0 Å². The minimum atomic E-state index is -1.16. The van der Waals surface area contributed by atoms with Crippen LogP contribution < -0.4 is 0 Å². The van der Waals surface area contributed by atoms with Crippen LogP contribution >= 0.6 is 0 Å². The first-order valence-corrected chi connectivity index (χ1v) is 11.0. The van der Waals surface area contributed by atoms with Crippen LogP contribution in [0, 0.1) is 0 Å². The zero-order valence-corrected chi connectivity index (χ0v) is 17.2. The lowest BCUT2D eigenvalue weighted by atomic mass is 10.0. The standard InChI is InChI=1S/C22H42O5/c1-2-3-4-5-6-7-8-9-10-11-12-13-14-15-16-26-18-20-22(25)21(24)19(23)17-27-20/h13-14,19-25H,2-12,15-18H2,1H3/b14-13+/t19-,20+,21+,22+/m0/s1. The number of hydrogen-bond donors (Lipinski definition) is 3. The van der Waals surface area contributed by atoms with E-state index in [1.165, 1.54) is 64.2 Å². The van der Waals surface area contributed by atoms with E-state index in [0.717, 1.165) is 12.8 Å². The van der Waals surface area contributed by atoms with E-state index < -0.39 is 24.4 Å². The van der Waals surface area contributed by atoms with Crippen molar-refractivity contribution in [3.63, 3.8) is 0 Å². The average Bonchev–Trinajstić information content (AvgIpc) is 2.67. The van der Waals surface area contributed by atoms with E-state index in [1.54, 1.807) is 0 Å². The Labute approximate surface area is 165 Å². The third-order valence-corrected chi connectivity index (χ3v) is 5.21. The van der Waals surface area contributed by atoms with Gasteiger partial charge in [0.1, 0.15) is 24.4 Å². The molecule has 1 aliphatic rings. The molecule has 1 aliphatic heterocycles. The van der Waals surface area contributed by atoms with Gasteiger partial charge in [-0.3, -0.25) is 0 Å². The number of rotatable bonds is 16. The summed E-state index contributed by atoms with van der Waals surface area (Å²) in [6.45, 7) is 3.10. The summed E-state index contributed by atoms with van der Waals surface area (Å²) in [5.41, 5.74) is 0. The molecule has 1 saturated heterocycles. The largest absolute Gasteiger partial charge is 0.388 e. The third-order valence-electron chi connectivity index (χ3n) is 5.21. The van der Waals surface area contributed by atoms with Crippen LogP contribution in [0.3, 0.4) is 0 Å². The molecule has 5 nitrogen and oxygen atoms in total. The number of aliphatic hydroxyl groups excluding tert-OH is 3. The summed E-state index contributed by atoms with van der Waals surface area (Å²) in [7, 11) is 0. The van der Waals surface area contributed by atoms with Gasteiger partial charge in [-0.2, -0.15) is 0 Å². The van der Waals surface area contributed by atoms with Crippen molar-refractivity contribution in [3.8, 4) is 0 Å². The van der Waals surface area contributed by atoms with Gasteiger partial charge in [-0.1, -0.05) is 76.9 Å². The second-order valence-corrected chi connectivity index (χ2v) is 7.73. The summed E-state index contributed by atoms with van der Waals surface area (Å²) >= 11 is 0. The number of aliphatic hydroxyl groups is 3. The number of ether oxygens (including phenoxy) is 2. The smallest absolute Gasteiger partial charge is 0.111 e. The summed E-state index contributed by atoms with van der Waals surface area (Å²) < 4.78 is 10.8. The lowest BCUT2D eigenvalue weighted by molar-refractivity contribution is -0.199. The molecule has 0 aliphatic carbocycles. The lowest BCUT2D eigenvalue weighted by Gasteiger charge is -2.35. The normalized spacial score (nSPS) is 26.1. The Bertz CT molecular complexity index is 361. The fourth-order valence-corrected chi connectivity index (χ4v) is 3.35. The first-order valence-electron chi connectivity index (χ1n) is 11.0. The van der Waals surface area contributed by atoms with Crippen molar-refractivity contribution in [2.24, 2.45) is 0 Å². The van der Waals surface area contributed by atoms with E-state index in [4.69, 9.17) is 9.47 Å². The predicted molar refractivity (Wildman–Crippen MR) is 109 cm³/mol. The van der Waals surface area contributed by atoms with Crippen molar-refractivity contribution in [1.82, 2.24) is 0 Å². The molecule has 4 atom stereocenters. The van der Waals surface area contributed by atoms with Crippen LogP contribution in [0.1, 0.15) is 84.0 Å². The van der Waals surface area contributed by atoms with Gasteiger partial charge in [0, 0.05) is 0 Å². The average molecular weight is 387 g/mol. The van der Waals surface area contributed by atoms with E-state index >= 15 is 0 Å². The van der Waals surface area contributed by atoms with Gasteiger partial charge in [0.2, 0.25) is 0 Å². The Kier molecular flexibility index (Phi) is 15.0. The van der Waals surface area contributed by atoms with Crippen molar-refractivity contribution in [2.45, 2.75) is 108 Å². The number of hydrogen-bond acceptors (Lipinski definition) is 5. The molecule has 0 spiro atoms. The monoisotopic (exact) mass is 386 g/mol. The van der Waals surface area contributed by atoms with E-state index in [0.29, 0.717) is 6.61 Å². The summed E-state index contributed by atoms with van der Waals surface area (Å²) in [5, 5.41) is 28.8. The van der Waals surface area contributed by atoms with E-state index in [9.17, 15) is 15.3 Å². The summed E-state index contributed by atoms with van der Waals surface area (Å²) in [6.07, 6.45) is 16.1. The maximum Gasteiger partial charge on any atom is 0.111 e. The molecule has 0 aromatic rings. The van der Waals surface area contributed by atoms with Crippen molar-refractivity contribution in [3.05, 3.63) is 12.2 Å². The lowest BCUT2D eigenvalue weighted by Crippen LogP contribution is -2.54. The zero-order valence-electron chi connectivity index (χ0n) is 17.2. The third kappa shape index (κ3) is 11.9. The second kappa shape index (κ2) is 16.5. The molecule has 3 N–H and O–H groups in total. The van der Waals surface area contributed by atoms with Gasteiger partial charge in [-0.05, 0) is 19.3 Å². The van der Waals surface area contributed by atoms with Gasteiger partial charge in [0.15, 0.2) is 0 Å². The van der Waals surface area contributed by atoms with E-state index in [2.05, 4.69) is 19.1 Å². The Morgan fingerprint density at radius 2 is 1.41 bits per heavy atom. The van der Waals surface area contributed by atoms with Crippen LogP contribution in [-0.4, -0.2) is 59.6 Å². The fourth-order valence-electron chi connectivity index (χ4n) is 3.35. The summed E-state index contributed by atoms with van der Waals surface area (Å²) in [5.74, 6) is 0. The molecule has 1 rings (SSSR count). The molecule has 160 valence electrons. The van der Waals surface area contributed by atoms with Gasteiger partial charge < -0.3 is 24.8 Å². The zero-order chi connectivity index (χ0) is 19.7. The van der Waals surface area contributed by atoms with E-state index in [1.807, 2.05) is 0 Å². The molecule has 1 fully saturated rings. The minimum Gasteiger partial charge on any atom is -0.388 e. The molecule has 0 unspecified atom stereocenters. The Morgan fingerprint density at radius 3 is 2.07 bits per heavy atom. The molecule has 27 heavy (non-hydrogen) atoms. The highest BCUT2D eigenvalue weighted by Crippen LogP contribution is 2.16. The molecule has 0 saturated carbocycles. The molecule has 5 heteroatoms. The quantitative estimate of drug-likeness (QED) is 0.278. The SMILES string of the molecule is CCCCCCCCCCCC/C=C/CCOC[C@H]1OC[C@H](O)[C@@H](O)[C@@H]1O. The molecule has 0 aromatic carbocycles. The van der Waals surface area contributed by atoms with Gasteiger partial charge in [0.05, 0.1) is 19.8 Å². The first kappa shape index (κ1) is 24.6. The van der Waals surface area contributed by atoms with Crippen molar-refractivity contribution >= 4 is 0 Å². The van der Waals surface area contributed by atoms with Gasteiger partial charge in [-0.15, -0.1) is 0 Å². The fraction of sp³-hybridized carbons (Fsp3) is 0.909. The minimum absolute atomic E-state index is 0.0328. The molecular weight excluding hydrogens is 344 g/mol. The molecular formula is C22H42O5. The van der Waals surface area contributed by atoms with Crippen LogP contribution in [0.4, 0.5) is 0 Å². The van der Waals surface area contributed by atoms with Gasteiger partial charge in [-0.25, -0.2) is 0 Å². The number of allylic oxidation sites excluding steroid dienone is 1. The van der Waals surface area contributed by atoms with Crippen LogP contribution in [0.2, 0.25) is 0 Å². The van der Waals surface area contributed by atoms with Crippen molar-refractivity contribution < 1.29 is 24.8 Å². The molecule has 0 aromatic heterocycles. The maximum absolute atomic E-state index is 9.80. The second-order valence-electron chi connectivity index (χ2n) is 7.73. The molecule has 0 radical (unpaired) electrons. The summed E-state index contributed by atoms with van der Waals surface area (Å²) in [4.78, 5) is 0. The van der Waals surface area contributed by atoms with Crippen LogP contribution in [0.5, 0.6) is 0 Å². The number of unbranched alkanes of at least 4 members (excludes halogenated alkanes) is 10. The Morgan fingerprint density at radius 1 is 0.815 bits per heavy atom. The highest BCUT2D eigenvalue weighted by molar-refractivity contribution is 4.86. The maximum atomic E-state index is 9.80. The van der Waals surface area contributed by atoms with Gasteiger partial charge in [0.25, 0.3) is 0 Å². The summed E-state index contributed by atoms with van der Waals surface area (Å²) in [6, 6.07) is 0. The van der Waals surface area contributed by atoms with Crippen LogP contribution in [-0.2, 0) is 9.47 Å². The van der Waals surface area contributed by atoms with E-state index in [-0.39, 0.29) is 13.2 Å². The first-order chi connectivity index (χ1) is 13.2. The highest BCUT2D eigenvalue weighted by atomic mass is 16.6. The molecule has 0 amide bonds. The highest BCUT2D eigenvalue weighted by Gasteiger charge is 2.37. The predicted octanol–water partition coefficient (Wildman–Crippen LogP) is 3.74. The van der Waals surface area contributed by atoms with Gasteiger partial charge >= 0.3 is 0 Å². The molecule has 0 bridgehead atoms. The van der Waals surface area contributed by atoms with Crippen molar-refractivity contribution in [1.29, 1.82) is 0 Å². The Balaban J connectivity index is 1.84. The Hall–Kier alpha value is -0.460. The van der Waals surface area contributed by atoms with Crippen LogP contribution in [0.15, 0.2) is 12.2 Å². The topological polar surface area (TPSA) is 79.2 Å². The van der Waals surface area contributed by atoms with Crippen molar-refractivity contribution in [2.75, 3.05) is 19.8 Å².